The van der Waals surface area contributed by atoms with E-state index in [1.54, 1.807) is 10.9 Å². The van der Waals surface area contributed by atoms with Gasteiger partial charge in [-0.3, -0.25) is 4.68 Å². The van der Waals surface area contributed by atoms with E-state index in [1.807, 2.05) is 19.3 Å². The lowest BCUT2D eigenvalue weighted by Crippen LogP contribution is -2.39. The minimum absolute atomic E-state index is 0.277. The summed E-state index contributed by atoms with van der Waals surface area (Å²) in [5.41, 5.74) is 4.95. The second kappa shape index (κ2) is 6.07. The molecule has 0 amide bonds. The molecule has 2 N–H and O–H groups in total. The first-order chi connectivity index (χ1) is 13.2. The number of aromatic nitrogens is 4. The van der Waals surface area contributed by atoms with Crippen molar-refractivity contribution in [1.82, 2.24) is 25.1 Å². The zero-order valence-electron chi connectivity index (χ0n) is 14.7. The van der Waals surface area contributed by atoms with Gasteiger partial charge in [-0.2, -0.15) is 10.4 Å². The van der Waals surface area contributed by atoms with Gasteiger partial charge in [-0.15, -0.1) is 0 Å². The second-order valence-corrected chi connectivity index (χ2v) is 6.78. The van der Waals surface area contributed by atoms with E-state index in [4.69, 9.17) is 4.74 Å². The highest BCUT2D eigenvalue weighted by atomic mass is 16.5. The maximum absolute atomic E-state index is 9.62. The van der Waals surface area contributed by atoms with Gasteiger partial charge in [0.05, 0.1) is 28.7 Å². The number of hydrogen-bond acceptors (Lipinski definition) is 7. The first kappa shape index (κ1) is 15.8. The molecule has 134 valence electrons. The van der Waals surface area contributed by atoms with Gasteiger partial charge in [0.2, 0.25) is 0 Å². The fraction of sp³-hybridized carbons (Fsp3) is 0.263. The van der Waals surface area contributed by atoms with Crippen LogP contribution in [0.5, 0.6) is 5.75 Å². The average molecular weight is 359 g/mol. The molecule has 0 saturated carbocycles. The van der Waals surface area contributed by atoms with E-state index in [0.29, 0.717) is 23.0 Å². The van der Waals surface area contributed by atoms with Gasteiger partial charge in [0, 0.05) is 37.8 Å². The molecule has 0 radical (unpaired) electrons. The highest BCUT2D eigenvalue weighted by Gasteiger charge is 2.26. The molecule has 1 fully saturated rings. The largest absolute Gasteiger partial charge is 0.485 e. The van der Waals surface area contributed by atoms with Gasteiger partial charge in [-0.25, -0.2) is 9.97 Å². The zero-order chi connectivity index (χ0) is 18.4. The molecule has 4 heterocycles. The summed E-state index contributed by atoms with van der Waals surface area (Å²) in [5.74, 6) is 1.67. The van der Waals surface area contributed by atoms with Crippen LogP contribution in [0.4, 0.5) is 11.5 Å². The molecule has 1 saturated heterocycles. The van der Waals surface area contributed by atoms with Gasteiger partial charge < -0.3 is 15.4 Å². The summed E-state index contributed by atoms with van der Waals surface area (Å²) in [4.78, 5) is 8.84. The smallest absolute Gasteiger partial charge is 0.161 e. The Hall–Kier alpha value is -3.44. The third kappa shape index (κ3) is 2.60. The number of nitrogens with zero attached hydrogens (tertiary/aromatic N) is 5. The number of nitrogens with one attached hydrogen (secondary N) is 2. The standard InChI is InChI=1S/C19H17N7O/c1-26-8-14(7-24-26)17-15-9-27-18-12(4-20)2-11(13-5-21-6-13)3-16(18)25-19(15)23-10-22-17/h2-3,7-8,10,13,21H,5-6,9H2,1H3,(H,22,23,25). The molecule has 3 aromatic rings. The molecule has 2 aliphatic rings. The number of aryl methyl sites for hydroxylation is 1. The van der Waals surface area contributed by atoms with E-state index in [1.165, 1.54) is 6.33 Å². The van der Waals surface area contributed by atoms with Crippen molar-refractivity contribution in [2.75, 3.05) is 18.4 Å². The van der Waals surface area contributed by atoms with Gasteiger partial charge in [-0.05, 0) is 17.7 Å². The third-order valence-electron chi connectivity index (χ3n) is 5.02. The fourth-order valence-electron chi connectivity index (χ4n) is 3.46. The Balaban J connectivity index is 1.60. The van der Waals surface area contributed by atoms with Crippen molar-refractivity contribution < 1.29 is 4.74 Å². The molecule has 27 heavy (non-hydrogen) atoms. The van der Waals surface area contributed by atoms with Gasteiger partial charge in [0.15, 0.2) is 5.75 Å². The van der Waals surface area contributed by atoms with Crippen LogP contribution >= 0.6 is 0 Å². The maximum atomic E-state index is 9.62. The predicted molar refractivity (Wildman–Crippen MR) is 98.6 cm³/mol. The topological polar surface area (TPSA) is 101 Å². The number of fused-ring (bicyclic) bond motifs is 2. The summed E-state index contributed by atoms with van der Waals surface area (Å²) in [6, 6.07) is 6.25. The van der Waals surface area contributed by atoms with Crippen LogP contribution in [0.1, 0.15) is 22.6 Å². The first-order valence-corrected chi connectivity index (χ1v) is 8.74. The molecule has 0 unspecified atom stereocenters. The highest BCUT2D eigenvalue weighted by molar-refractivity contribution is 5.76. The third-order valence-corrected chi connectivity index (χ3v) is 5.02. The van der Waals surface area contributed by atoms with Gasteiger partial charge in [0.1, 0.15) is 24.8 Å². The summed E-state index contributed by atoms with van der Waals surface area (Å²) < 4.78 is 7.78. The van der Waals surface area contributed by atoms with E-state index >= 15 is 0 Å². The molecule has 2 aromatic heterocycles. The number of ether oxygens (including phenoxy) is 1. The minimum Gasteiger partial charge on any atom is -0.485 e. The van der Waals surface area contributed by atoms with E-state index < -0.39 is 0 Å². The average Bonchev–Trinajstić information content (AvgIpc) is 2.96. The molecule has 0 aliphatic carbocycles. The Morgan fingerprint density at radius 2 is 2.19 bits per heavy atom. The second-order valence-electron chi connectivity index (χ2n) is 6.78. The number of nitriles is 1. The van der Waals surface area contributed by atoms with Gasteiger partial charge >= 0.3 is 0 Å². The molecule has 2 aliphatic heterocycles. The quantitative estimate of drug-likeness (QED) is 0.722. The summed E-state index contributed by atoms with van der Waals surface area (Å²) in [6.45, 7) is 2.13. The summed E-state index contributed by atoms with van der Waals surface area (Å²) in [7, 11) is 1.87. The Morgan fingerprint density at radius 3 is 2.89 bits per heavy atom. The number of benzene rings is 1. The van der Waals surface area contributed by atoms with E-state index in [0.717, 1.165) is 41.2 Å². The highest BCUT2D eigenvalue weighted by Crippen LogP contribution is 2.40. The molecule has 1 aromatic carbocycles. The van der Waals surface area contributed by atoms with Crippen LogP contribution in [-0.2, 0) is 13.7 Å². The fourth-order valence-corrected chi connectivity index (χ4v) is 3.46. The van der Waals surface area contributed by atoms with Crippen LogP contribution in [0, 0.1) is 11.3 Å². The SMILES string of the molecule is Cn1cc(-c2ncnc3c2COc2c(C#N)cc(C4CNC4)cc2N3)cn1. The van der Waals surface area contributed by atoms with Crippen molar-refractivity contribution in [3.8, 4) is 23.1 Å². The normalized spacial score (nSPS) is 15.4. The van der Waals surface area contributed by atoms with E-state index in [2.05, 4.69) is 37.8 Å². The van der Waals surface area contributed by atoms with Crippen molar-refractivity contribution >= 4 is 11.5 Å². The molecular formula is C19H17N7O. The van der Waals surface area contributed by atoms with Crippen LogP contribution in [0.2, 0.25) is 0 Å². The van der Waals surface area contributed by atoms with Gasteiger partial charge in [-0.1, -0.05) is 0 Å². The molecule has 5 rings (SSSR count). The first-order valence-electron chi connectivity index (χ1n) is 8.74. The summed E-state index contributed by atoms with van der Waals surface area (Å²) in [5, 5.41) is 20.5. The number of hydrogen-bond donors (Lipinski definition) is 2. The number of anilines is 2. The van der Waals surface area contributed by atoms with Crippen LogP contribution < -0.4 is 15.4 Å². The van der Waals surface area contributed by atoms with Crippen LogP contribution in [0.25, 0.3) is 11.3 Å². The molecule has 8 nitrogen and oxygen atoms in total. The van der Waals surface area contributed by atoms with Crippen molar-refractivity contribution in [1.29, 1.82) is 5.26 Å². The number of rotatable bonds is 2. The molecule has 0 bridgehead atoms. The Bertz CT molecular complexity index is 1080. The lowest BCUT2D eigenvalue weighted by molar-refractivity contribution is 0.309. The monoisotopic (exact) mass is 359 g/mol. The van der Waals surface area contributed by atoms with Crippen LogP contribution in [0.15, 0.2) is 30.9 Å². The maximum Gasteiger partial charge on any atom is 0.161 e. The Labute approximate surface area is 155 Å². The predicted octanol–water partition coefficient (Wildman–Crippen LogP) is 2.07. The van der Waals surface area contributed by atoms with E-state index in [9.17, 15) is 5.26 Å². The molecule has 0 atom stereocenters. The zero-order valence-corrected chi connectivity index (χ0v) is 14.7. The van der Waals surface area contributed by atoms with Crippen LogP contribution in [0.3, 0.4) is 0 Å². The van der Waals surface area contributed by atoms with Crippen molar-refractivity contribution in [2.45, 2.75) is 12.5 Å². The van der Waals surface area contributed by atoms with Crippen molar-refractivity contribution in [3.05, 3.63) is 47.5 Å². The Morgan fingerprint density at radius 1 is 1.30 bits per heavy atom. The molecule has 8 heteroatoms. The summed E-state index contributed by atoms with van der Waals surface area (Å²) >= 11 is 0. The summed E-state index contributed by atoms with van der Waals surface area (Å²) in [6.07, 6.45) is 5.20. The lowest BCUT2D eigenvalue weighted by Gasteiger charge is -2.28. The van der Waals surface area contributed by atoms with Crippen molar-refractivity contribution in [3.63, 3.8) is 0 Å². The van der Waals surface area contributed by atoms with Crippen molar-refractivity contribution in [2.24, 2.45) is 7.05 Å². The Kier molecular flexibility index (Phi) is 3.55. The molecule has 0 spiro atoms. The minimum atomic E-state index is 0.277. The lowest BCUT2D eigenvalue weighted by atomic mass is 9.91. The van der Waals surface area contributed by atoms with E-state index in [-0.39, 0.29) is 6.61 Å². The van der Waals surface area contributed by atoms with Gasteiger partial charge in [0.25, 0.3) is 0 Å². The molecular weight excluding hydrogens is 342 g/mol. The van der Waals surface area contributed by atoms with Crippen LogP contribution in [-0.4, -0.2) is 32.8 Å².